The van der Waals surface area contributed by atoms with Gasteiger partial charge in [-0.3, -0.25) is 4.90 Å². The van der Waals surface area contributed by atoms with E-state index in [4.69, 9.17) is 5.73 Å². The molecule has 1 saturated heterocycles. The summed E-state index contributed by atoms with van der Waals surface area (Å²) in [6.07, 6.45) is 2.63. The van der Waals surface area contributed by atoms with E-state index in [1.165, 1.54) is 32.5 Å². The lowest BCUT2D eigenvalue weighted by atomic mass is 10.0. The third kappa shape index (κ3) is 4.09. The number of rotatable bonds is 5. The Morgan fingerprint density at radius 3 is 2.73 bits per heavy atom. The minimum atomic E-state index is 0.572. The molecule has 90 valence electrons. The van der Waals surface area contributed by atoms with Gasteiger partial charge in [0.05, 0.1) is 0 Å². The molecule has 2 unspecified atom stereocenters. The van der Waals surface area contributed by atoms with Crippen molar-refractivity contribution in [3.8, 4) is 0 Å². The van der Waals surface area contributed by atoms with Crippen molar-refractivity contribution in [1.29, 1.82) is 0 Å². The molecule has 3 heteroatoms. The highest BCUT2D eigenvalue weighted by atomic mass is 15.3. The Balaban J connectivity index is 2.38. The van der Waals surface area contributed by atoms with E-state index in [1.54, 1.807) is 0 Å². The Morgan fingerprint density at radius 1 is 1.40 bits per heavy atom. The maximum absolute atomic E-state index is 5.84. The summed E-state index contributed by atoms with van der Waals surface area (Å²) in [5.41, 5.74) is 5.84. The second-order valence-corrected chi connectivity index (χ2v) is 5.04. The van der Waals surface area contributed by atoms with Gasteiger partial charge in [-0.2, -0.15) is 0 Å². The molecule has 1 fully saturated rings. The summed E-state index contributed by atoms with van der Waals surface area (Å²) >= 11 is 0. The van der Waals surface area contributed by atoms with Gasteiger partial charge in [0.25, 0.3) is 0 Å². The number of piperazine rings is 1. The van der Waals surface area contributed by atoms with Crippen LogP contribution in [0.15, 0.2) is 0 Å². The maximum atomic E-state index is 5.84. The fraction of sp³-hybridized carbons (Fsp3) is 1.00. The third-order valence-electron chi connectivity index (χ3n) is 3.41. The first-order valence-corrected chi connectivity index (χ1v) is 6.30. The van der Waals surface area contributed by atoms with Crippen LogP contribution < -0.4 is 5.73 Å². The van der Waals surface area contributed by atoms with Gasteiger partial charge in [0.2, 0.25) is 0 Å². The lowest BCUT2D eigenvalue weighted by Gasteiger charge is -2.40. The zero-order chi connectivity index (χ0) is 11.3. The van der Waals surface area contributed by atoms with Crippen molar-refractivity contribution in [2.45, 2.75) is 32.7 Å². The van der Waals surface area contributed by atoms with Crippen LogP contribution in [0.1, 0.15) is 26.7 Å². The summed E-state index contributed by atoms with van der Waals surface area (Å²) in [4.78, 5) is 4.97. The minimum absolute atomic E-state index is 0.572. The van der Waals surface area contributed by atoms with Crippen LogP contribution in [0.5, 0.6) is 0 Å². The predicted octanol–water partition coefficient (Wildman–Crippen LogP) is 0.997. The van der Waals surface area contributed by atoms with Crippen molar-refractivity contribution in [3.05, 3.63) is 0 Å². The molecular weight excluding hydrogens is 186 g/mol. The van der Waals surface area contributed by atoms with Gasteiger partial charge in [-0.1, -0.05) is 20.3 Å². The van der Waals surface area contributed by atoms with E-state index < -0.39 is 0 Å². The Bertz CT molecular complexity index is 172. The molecule has 2 N–H and O–H groups in total. The van der Waals surface area contributed by atoms with Crippen LogP contribution >= 0.6 is 0 Å². The Kier molecular flexibility index (Phi) is 5.58. The first-order valence-electron chi connectivity index (χ1n) is 6.30. The van der Waals surface area contributed by atoms with Crippen molar-refractivity contribution in [2.75, 3.05) is 39.8 Å². The summed E-state index contributed by atoms with van der Waals surface area (Å²) in [6, 6.07) is 0.572. The van der Waals surface area contributed by atoms with E-state index in [0.29, 0.717) is 6.04 Å². The van der Waals surface area contributed by atoms with Crippen LogP contribution in [0.2, 0.25) is 0 Å². The summed E-state index contributed by atoms with van der Waals surface area (Å²) < 4.78 is 0. The van der Waals surface area contributed by atoms with Crippen LogP contribution in [0.4, 0.5) is 0 Å². The molecule has 15 heavy (non-hydrogen) atoms. The molecule has 1 heterocycles. The standard InChI is InChI=1S/C12H27N3/c1-4-5-11(2)9-15-7-6-14(3)10-12(15)8-13/h11-12H,4-10,13H2,1-3H3. The predicted molar refractivity (Wildman–Crippen MR) is 66.0 cm³/mol. The molecule has 0 aromatic rings. The van der Waals surface area contributed by atoms with Gasteiger partial charge in [-0.25, -0.2) is 0 Å². The third-order valence-corrected chi connectivity index (χ3v) is 3.41. The van der Waals surface area contributed by atoms with Gasteiger partial charge in [0.15, 0.2) is 0 Å². The fourth-order valence-corrected chi connectivity index (χ4v) is 2.50. The molecule has 1 aliphatic rings. The zero-order valence-corrected chi connectivity index (χ0v) is 10.6. The molecule has 0 aromatic carbocycles. The number of hydrogen-bond donors (Lipinski definition) is 1. The topological polar surface area (TPSA) is 32.5 Å². The molecule has 0 radical (unpaired) electrons. The largest absolute Gasteiger partial charge is 0.329 e. The SMILES string of the molecule is CCCC(C)CN1CCN(C)CC1CN. The van der Waals surface area contributed by atoms with Gasteiger partial charge in [0.1, 0.15) is 0 Å². The second kappa shape index (κ2) is 6.46. The summed E-state index contributed by atoms with van der Waals surface area (Å²) in [5.74, 6) is 0.812. The molecule has 0 bridgehead atoms. The second-order valence-electron chi connectivity index (χ2n) is 5.04. The smallest absolute Gasteiger partial charge is 0.0346 e. The Morgan fingerprint density at radius 2 is 2.13 bits per heavy atom. The molecular formula is C12H27N3. The van der Waals surface area contributed by atoms with Crippen LogP contribution in [-0.2, 0) is 0 Å². The number of nitrogens with zero attached hydrogens (tertiary/aromatic N) is 2. The zero-order valence-electron chi connectivity index (χ0n) is 10.6. The van der Waals surface area contributed by atoms with E-state index >= 15 is 0 Å². The molecule has 2 atom stereocenters. The van der Waals surface area contributed by atoms with E-state index in [9.17, 15) is 0 Å². The molecule has 0 aliphatic carbocycles. The monoisotopic (exact) mass is 213 g/mol. The number of nitrogens with two attached hydrogens (primary N) is 1. The summed E-state index contributed by atoms with van der Waals surface area (Å²) in [7, 11) is 2.19. The minimum Gasteiger partial charge on any atom is -0.329 e. The lowest BCUT2D eigenvalue weighted by Crippen LogP contribution is -2.55. The van der Waals surface area contributed by atoms with E-state index in [1.807, 2.05) is 0 Å². The van der Waals surface area contributed by atoms with E-state index in [-0.39, 0.29) is 0 Å². The Hall–Kier alpha value is -0.120. The average Bonchev–Trinajstić information content (AvgIpc) is 2.21. The molecule has 3 nitrogen and oxygen atoms in total. The lowest BCUT2D eigenvalue weighted by molar-refractivity contribution is 0.0805. The van der Waals surface area contributed by atoms with E-state index in [0.717, 1.165) is 19.0 Å². The highest BCUT2D eigenvalue weighted by molar-refractivity contribution is 4.82. The maximum Gasteiger partial charge on any atom is 0.0346 e. The van der Waals surface area contributed by atoms with Crippen LogP contribution in [-0.4, -0.2) is 55.6 Å². The molecule has 0 amide bonds. The number of likely N-dealkylation sites (N-methyl/N-ethyl adjacent to an activating group) is 1. The van der Waals surface area contributed by atoms with Crippen molar-refractivity contribution >= 4 is 0 Å². The fourth-order valence-electron chi connectivity index (χ4n) is 2.50. The van der Waals surface area contributed by atoms with E-state index in [2.05, 4.69) is 30.7 Å². The molecule has 1 rings (SSSR count). The van der Waals surface area contributed by atoms with Crippen molar-refractivity contribution in [2.24, 2.45) is 11.7 Å². The van der Waals surface area contributed by atoms with Crippen LogP contribution in [0.25, 0.3) is 0 Å². The highest BCUT2D eigenvalue weighted by Gasteiger charge is 2.24. The summed E-state index contributed by atoms with van der Waals surface area (Å²) in [6.45, 7) is 10.2. The Labute approximate surface area is 94.6 Å². The van der Waals surface area contributed by atoms with Crippen molar-refractivity contribution < 1.29 is 0 Å². The van der Waals surface area contributed by atoms with Gasteiger partial charge in [-0.05, 0) is 19.4 Å². The highest BCUT2D eigenvalue weighted by Crippen LogP contribution is 2.13. The quantitative estimate of drug-likeness (QED) is 0.739. The first kappa shape index (κ1) is 12.9. The van der Waals surface area contributed by atoms with Crippen molar-refractivity contribution in [1.82, 2.24) is 9.80 Å². The first-order chi connectivity index (χ1) is 7.17. The molecule has 0 aromatic heterocycles. The van der Waals surface area contributed by atoms with Gasteiger partial charge >= 0.3 is 0 Å². The van der Waals surface area contributed by atoms with Crippen LogP contribution in [0.3, 0.4) is 0 Å². The van der Waals surface area contributed by atoms with Gasteiger partial charge < -0.3 is 10.6 Å². The molecule has 1 aliphatic heterocycles. The van der Waals surface area contributed by atoms with Gasteiger partial charge in [0, 0.05) is 38.8 Å². The summed E-state index contributed by atoms with van der Waals surface area (Å²) in [5, 5.41) is 0. The molecule has 0 saturated carbocycles. The normalized spacial score (nSPS) is 26.8. The number of hydrogen-bond acceptors (Lipinski definition) is 3. The van der Waals surface area contributed by atoms with Crippen molar-refractivity contribution in [3.63, 3.8) is 0 Å². The van der Waals surface area contributed by atoms with Crippen LogP contribution in [0, 0.1) is 5.92 Å². The van der Waals surface area contributed by atoms with Gasteiger partial charge in [-0.15, -0.1) is 0 Å². The molecule has 0 spiro atoms. The average molecular weight is 213 g/mol.